The average Bonchev–Trinajstić information content (AvgIpc) is 2.19. The Bertz CT molecular complexity index is 237. The van der Waals surface area contributed by atoms with Crippen LogP contribution in [0.5, 0.6) is 0 Å². The van der Waals surface area contributed by atoms with Crippen LogP contribution in [0.1, 0.15) is 20.8 Å². The highest BCUT2D eigenvalue weighted by molar-refractivity contribution is 8.00. The second-order valence-corrected chi connectivity index (χ2v) is 6.79. The minimum Gasteiger partial charge on any atom is -0.126 e. The van der Waals surface area contributed by atoms with Crippen molar-refractivity contribution in [3.63, 3.8) is 0 Å². The van der Waals surface area contributed by atoms with Gasteiger partial charge in [0.2, 0.25) is 0 Å². The normalized spacial score (nSPS) is 10.6. The summed E-state index contributed by atoms with van der Waals surface area (Å²) < 4.78 is 0. The van der Waals surface area contributed by atoms with Gasteiger partial charge in [-0.05, 0) is 29.4 Å². The second-order valence-electron chi connectivity index (χ2n) is 2.84. The first-order chi connectivity index (χ1) is 7.30. The van der Waals surface area contributed by atoms with E-state index in [2.05, 4.69) is 39.0 Å². The maximum absolute atomic E-state index is 3.46. The lowest BCUT2D eigenvalue weighted by atomic mass is 10.4. The van der Waals surface area contributed by atoms with Crippen molar-refractivity contribution in [2.24, 2.45) is 0 Å². The van der Waals surface area contributed by atoms with E-state index in [1.165, 1.54) is 14.7 Å². The zero-order valence-corrected chi connectivity index (χ0v) is 12.0. The molecule has 3 heteroatoms. The van der Waals surface area contributed by atoms with E-state index in [0.29, 0.717) is 0 Å². The van der Waals surface area contributed by atoms with Crippen LogP contribution in [-0.2, 0) is 0 Å². The molecule has 0 aliphatic rings. The van der Waals surface area contributed by atoms with Gasteiger partial charge in [0.05, 0.1) is 0 Å². The van der Waals surface area contributed by atoms with Crippen molar-refractivity contribution < 1.29 is 0 Å². The fourth-order valence-corrected chi connectivity index (χ4v) is 3.57. The molecule has 0 N–H and O–H groups in total. The maximum atomic E-state index is 3.46. The van der Waals surface area contributed by atoms with Crippen molar-refractivity contribution in [3.05, 3.63) is 18.2 Å². The molecule has 0 aliphatic carbocycles. The van der Waals surface area contributed by atoms with E-state index in [1.807, 2.05) is 35.3 Å². The summed E-state index contributed by atoms with van der Waals surface area (Å²) in [5.41, 5.74) is 0. The predicted octanol–water partition coefficient (Wildman–Crippen LogP) is 4.82. The summed E-state index contributed by atoms with van der Waals surface area (Å²) in [7, 11) is 0. The van der Waals surface area contributed by atoms with Crippen LogP contribution >= 0.6 is 35.3 Å². The number of hydrogen-bond donors (Lipinski definition) is 0. The Hall–Kier alpha value is 0.270. The van der Waals surface area contributed by atoms with Crippen molar-refractivity contribution in [2.75, 3.05) is 17.3 Å². The molecule has 1 rings (SSSR count). The van der Waals surface area contributed by atoms with Gasteiger partial charge in [0.1, 0.15) is 0 Å². The molecule has 0 atom stereocenters. The third-order valence-electron chi connectivity index (χ3n) is 1.70. The molecule has 0 aliphatic heterocycles. The third-order valence-corrected chi connectivity index (χ3v) is 4.20. The van der Waals surface area contributed by atoms with E-state index in [9.17, 15) is 0 Å². The summed E-state index contributed by atoms with van der Waals surface area (Å²) in [5, 5.41) is 0. The Morgan fingerprint density at radius 1 is 0.867 bits per heavy atom. The van der Waals surface area contributed by atoms with Gasteiger partial charge in [0.15, 0.2) is 0 Å². The molecular formula is C12H17S3. The lowest BCUT2D eigenvalue weighted by Gasteiger charge is -2.06. The van der Waals surface area contributed by atoms with E-state index in [0.717, 1.165) is 17.3 Å². The molecule has 0 heterocycles. The predicted molar refractivity (Wildman–Crippen MR) is 74.5 cm³/mol. The molecule has 0 aromatic heterocycles. The first kappa shape index (κ1) is 13.3. The highest BCUT2D eigenvalue weighted by Gasteiger charge is 2.02. The topological polar surface area (TPSA) is 0 Å². The van der Waals surface area contributed by atoms with Crippen LogP contribution < -0.4 is 0 Å². The molecule has 0 saturated heterocycles. The van der Waals surface area contributed by atoms with Crippen molar-refractivity contribution >= 4 is 35.3 Å². The van der Waals surface area contributed by atoms with E-state index in [4.69, 9.17) is 0 Å². The van der Waals surface area contributed by atoms with Gasteiger partial charge in [0, 0.05) is 20.8 Å². The molecule has 0 bridgehead atoms. The lowest BCUT2D eigenvalue weighted by molar-refractivity contribution is 1.21. The van der Waals surface area contributed by atoms with Gasteiger partial charge < -0.3 is 0 Å². The molecule has 0 unspecified atom stereocenters. The number of rotatable bonds is 6. The van der Waals surface area contributed by atoms with Crippen LogP contribution in [0.2, 0.25) is 0 Å². The van der Waals surface area contributed by atoms with Crippen LogP contribution in [0.3, 0.4) is 0 Å². The van der Waals surface area contributed by atoms with Gasteiger partial charge in [-0.1, -0.05) is 20.8 Å². The molecule has 1 aromatic carbocycles. The quantitative estimate of drug-likeness (QED) is 0.670. The molecule has 0 nitrogen and oxygen atoms in total. The monoisotopic (exact) mass is 257 g/mol. The zero-order valence-electron chi connectivity index (χ0n) is 9.50. The summed E-state index contributed by atoms with van der Waals surface area (Å²) >= 11 is 5.65. The summed E-state index contributed by atoms with van der Waals surface area (Å²) in [6.07, 6.45) is 0. The van der Waals surface area contributed by atoms with Gasteiger partial charge in [0.25, 0.3) is 0 Å². The molecule has 0 fully saturated rings. The molecule has 0 saturated carbocycles. The molecule has 1 aromatic rings. The minimum absolute atomic E-state index is 1.12. The van der Waals surface area contributed by atoms with E-state index >= 15 is 0 Å². The Balaban J connectivity index is 2.86. The number of thioether (sulfide) groups is 3. The summed E-state index contributed by atoms with van der Waals surface area (Å²) in [4.78, 5) is 3.95. The maximum Gasteiger partial charge on any atom is 0.0174 e. The van der Waals surface area contributed by atoms with Gasteiger partial charge in [-0.2, -0.15) is 0 Å². The van der Waals surface area contributed by atoms with Gasteiger partial charge in [-0.15, -0.1) is 35.3 Å². The fraction of sp³-hybridized carbons (Fsp3) is 0.500. The molecule has 0 amide bonds. The Labute approximate surface area is 106 Å². The van der Waals surface area contributed by atoms with Crippen molar-refractivity contribution in [1.82, 2.24) is 0 Å². The molecule has 1 radical (unpaired) electrons. The third kappa shape index (κ3) is 4.75. The van der Waals surface area contributed by atoms with Crippen LogP contribution in [-0.4, -0.2) is 17.3 Å². The van der Waals surface area contributed by atoms with E-state index in [1.54, 1.807) is 0 Å². The first-order valence-corrected chi connectivity index (χ1v) is 8.21. The molecular weight excluding hydrogens is 240 g/mol. The van der Waals surface area contributed by atoms with Gasteiger partial charge in [-0.25, -0.2) is 0 Å². The highest BCUT2D eigenvalue weighted by atomic mass is 32.2. The van der Waals surface area contributed by atoms with Crippen molar-refractivity contribution in [3.8, 4) is 0 Å². The standard InChI is InChI=1S/C12H17S3/c1-4-13-10-7-11(14-5-2)9-12(8-10)15-6-3/h7-8H,4-6H2,1-3H3. The fourth-order valence-electron chi connectivity index (χ4n) is 1.21. The van der Waals surface area contributed by atoms with Crippen LogP contribution in [0.4, 0.5) is 0 Å². The minimum atomic E-state index is 1.12. The van der Waals surface area contributed by atoms with Crippen LogP contribution in [0.15, 0.2) is 26.8 Å². The summed E-state index contributed by atoms with van der Waals surface area (Å²) in [6.45, 7) is 6.57. The van der Waals surface area contributed by atoms with Crippen LogP contribution in [0.25, 0.3) is 0 Å². The molecule has 0 spiro atoms. The lowest BCUT2D eigenvalue weighted by Crippen LogP contribution is -1.82. The van der Waals surface area contributed by atoms with Crippen molar-refractivity contribution in [1.29, 1.82) is 0 Å². The van der Waals surface area contributed by atoms with E-state index in [-0.39, 0.29) is 0 Å². The zero-order chi connectivity index (χ0) is 11.1. The van der Waals surface area contributed by atoms with Crippen molar-refractivity contribution in [2.45, 2.75) is 35.5 Å². The Morgan fingerprint density at radius 2 is 1.33 bits per heavy atom. The SMILES string of the molecule is CCSc1[c]c(SCC)cc(SCC)c1. The van der Waals surface area contributed by atoms with E-state index < -0.39 is 0 Å². The van der Waals surface area contributed by atoms with Gasteiger partial charge in [-0.3, -0.25) is 0 Å². The summed E-state index contributed by atoms with van der Waals surface area (Å²) in [5.74, 6) is 3.37. The smallest absolute Gasteiger partial charge is 0.0174 e. The second kappa shape index (κ2) is 7.53. The Morgan fingerprint density at radius 3 is 1.73 bits per heavy atom. The molecule has 83 valence electrons. The highest BCUT2D eigenvalue weighted by Crippen LogP contribution is 2.30. The average molecular weight is 257 g/mol. The molecule has 15 heavy (non-hydrogen) atoms. The Kier molecular flexibility index (Phi) is 6.69. The largest absolute Gasteiger partial charge is 0.126 e. The number of benzene rings is 1. The summed E-state index contributed by atoms with van der Waals surface area (Å²) in [6, 6.07) is 7.96. The van der Waals surface area contributed by atoms with Crippen LogP contribution in [0, 0.1) is 6.07 Å². The van der Waals surface area contributed by atoms with Gasteiger partial charge >= 0.3 is 0 Å². The number of hydrogen-bond acceptors (Lipinski definition) is 3. The first-order valence-electron chi connectivity index (χ1n) is 5.25.